The summed E-state index contributed by atoms with van der Waals surface area (Å²) in [6.07, 6.45) is 2.20. The fraction of sp³-hybridized carbons (Fsp3) is 0.722. The number of ketones is 1. The Morgan fingerprint density at radius 2 is 1.81 bits per heavy atom. The van der Waals surface area contributed by atoms with Crippen LogP contribution in [0.15, 0.2) is 6.07 Å². The molecule has 21 heavy (non-hydrogen) atoms. The molecule has 0 unspecified atom stereocenters. The highest BCUT2D eigenvalue weighted by Crippen LogP contribution is 2.17. The minimum atomic E-state index is 0.253. The molecule has 0 atom stereocenters. The Morgan fingerprint density at radius 1 is 1.24 bits per heavy atom. The lowest BCUT2D eigenvalue weighted by Gasteiger charge is -2.31. The zero-order valence-corrected chi connectivity index (χ0v) is 14.9. The summed E-state index contributed by atoms with van der Waals surface area (Å²) in [5, 5.41) is 0. The first-order valence-electron chi connectivity index (χ1n) is 8.21. The molecule has 0 saturated carbocycles. The van der Waals surface area contributed by atoms with Crippen molar-refractivity contribution in [2.24, 2.45) is 13.0 Å². The molecule has 0 aromatic carbocycles. The van der Waals surface area contributed by atoms with E-state index in [-0.39, 0.29) is 5.78 Å². The van der Waals surface area contributed by atoms with Crippen LogP contribution < -0.4 is 0 Å². The zero-order valence-electron chi connectivity index (χ0n) is 14.9. The van der Waals surface area contributed by atoms with Gasteiger partial charge in [0, 0.05) is 36.6 Å². The smallest absolute Gasteiger partial charge is 0.178 e. The summed E-state index contributed by atoms with van der Waals surface area (Å²) in [5.41, 5.74) is 3.11. The van der Waals surface area contributed by atoms with Crippen molar-refractivity contribution in [1.29, 1.82) is 0 Å². The normalized spacial score (nSPS) is 11.9. The van der Waals surface area contributed by atoms with Gasteiger partial charge in [-0.2, -0.15) is 0 Å². The second-order valence-corrected chi connectivity index (χ2v) is 6.56. The van der Waals surface area contributed by atoms with Crippen LogP contribution in [-0.2, 0) is 7.05 Å². The maximum absolute atomic E-state index is 12.7. The maximum Gasteiger partial charge on any atom is 0.178 e. The molecule has 0 saturated heterocycles. The molecule has 1 rings (SSSR count). The highest BCUT2D eigenvalue weighted by molar-refractivity contribution is 5.99. The lowest BCUT2D eigenvalue weighted by Crippen LogP contribution is -2.40. The van der Waals surface area contributed by atoms with Gasteiger partial charge >= 0.3 is 0 Å². The van der Waals surface area contributed by atoms with Gasteiger partial charge in [0.25, 0.3) is 0 Å². The second kappa shape index (κ2) is 7.79. The van der Waals surface area contributed by atoms with Crippen molar-refractivity contribution in [3.8, 4) is 0 Å². The van der Waals surface area contributed by atoms with Gasteiger partial charge in [-0.25, -0.2) is 0 Å². The summed E-state index contributed by atoms with van der Waals surface area (Å²) >= 11 is 0. The molecule has 1 aromatic rings. The van der Waals surface area contributed by atoms with Gasteiger partial charge in [-0.05, 0) is 38.7 Å². The number of Topliss-reactive ketones (excluding diaryl/α,β-unsaturated/α-hetero) is 1. The van der Waals surface area contributed by atoms with Gasteiger partial charge in [-0.1, -0.05) is 27.7 Å². The molecular formula is C18H32N2O. The first-order chi connectivity index (χ1) is 9.81. The highest BCUT2D eigenvalue weighted by Gasteiger charge is 2.22. The number of hydrogen-bond donors (Lipinski definition) is 0. The molecule has 0 bridgehead atoms. The monoisotopic (exact) mass is 292 g/mol. The van der Waals surface area contributed by atoms with Gasteiger partial charge in [0.05, 0.1) is 6.54 Å². The fourth-order valence-corrected chi connectivity index (χ4v) is 3.02. The molecule has 0 N–H and O–H groups in total. The SMILES string of the molecule is CCC(CC)N(CC(=O)c1cc(C)n(C)c1C)CC(C)C. The Balaban J connectivity index is 2.91. The van der Waals surface area contributed by atoms with Crippen LogP contribution in [-0.4, -0.2) is 34.4 Å². The lowest BCUT2D eigenvalue weighted by molar-refractivity contribution is 0.0865. The molecule has 0 aliphatic carbocycles. The lowest BCUT2D eigenvalue weighted by atomic mass is 10.0. The van der Waals surface area contributed by atoms with Crippen LogP contribution in [0.4, 0.5) is 0 Å². The van der Waals surface area contributed by atoms with Crippen LogP contribution in [0.3, 0.4) is 0 Å². The summed E-state index contributed by atoms with van der Waals surface area (Å²) in [4.78, 5) is 15.1. The Kier molecular flexibility index (Phi) is 6.66. The van der Waals surface area contributed by atoms with Crippen molar-refractivity contribution in [2.75, 3.05) is 13.1 Å². The van der Waals surface area contributed by atoms with Gasteiger partial charge in [-0.3, -0.25) is 9.69 Å². The van der Waals surface area contributed by atoms with E-state index in [1.807, 2.05) is 20.0 Å². The fourth-order valence-electron chi connectivity index (χ4n) is 3.02. The van der Waals surface area contributed by atoms with Crippen LogP contribution in [0.5, 0.6) is 0 Å². The first kappa shape index (κ1) is 18.0. The number of hydrogen-bond acceptors (Lipinski definition) is 2. The third kappa shape index (κ3) is 4.44. The minimum Gasteiger partial charge on any atom is -0.351 e. The summed E-state index contributed by atoms with van der Waals surface area (Å²) in [7, 11) is 2.02. The maximum atomic E-state index is 12.7. The van der Waals surface area contributed by atoms with E-state index in [0.29, 0.717) is 18.5 Å². The largest absolute Gasteiger partial charge is 0.351 e. The molecule has 1 aromatic heterocycles. The Morgan fingerprint density at radius 3 is 2.19 bits per heavy atom. The molecule has 0 amide bonds. The zero-order chi connectivity index (χ0) is 16.2. The van der Waals surface area contributed by atoms with E-state index in [0.717, 1.165) is 36.3 Å². The Bertz CT molecular complexity index is 470. The molecule has 3 nitrogen and oxygen atoms in total. The summed E-state index contributed by atoms with van der Waals surface area (Å²) in [5.74, 6) is 0.834. The van der Waals surface area contributed by atoms with E-state index in [4.69, 9.17) is 0 Å². The van der Waals surface area contributed by atoms with E-state index in [2.05, 4.69) is 44.1 Å². The van der Waals surface area contributed by atoms with Crippen LogP contribution in [0.1, 0.15) is 62.3 Å². The van der Waals surface area contributed by atoms with Gasteiger partial charge in [0.1, 0.15) is 0 Å². The Labute approximate surface area is 130 Å². The number of carbonyl (C=O) groups excluding carboxylic acids is 1. The third-order valence-electron chi connectivity index (χ3n) is 4.48. The molecular weight excluding hydrogens is 260 g/mol. The molecule has 0 spiro atoms. The molecule has 3 heteroatoms. The number of nitrogens with zero attached hydrogens (tertiary/aromatic N) is 2. The van der Waals surface area contributed by atoms with Crippen molar-refractivity contribution in [1.82, 2.24) is 9.47 Å². The van der Waals surface area contributed by atoms with Gasteiger partial charge in [0.15, 0.2) is 5.78 Å². The van der Waals surface area contributed by atoms with E-state index in [9.17, 15) is 4.79 Å². The predicted octanol–water partition coefficient (Wildman–Crippen LogP) is 3.97. The van der Waals surface area contributed by atoms with Crippen LogP contribution in [0, 0.1) is 19.8 Å². The van der Waals surface area contributed by atoms with Gasteiger partial charge in [0.2, 0.25) is 0 Å². The van der Waals surface area contributed by atoms with Crippen LogP contribution in [0.2, 0.25) is 0 Å². The molecule has 0 aliphatic heterocycles. The summed E-state index contributed by atoms with van der Waals surface area (Å²) < 4.78 is 2.09. The van der Waals surface area contributed by atoms with Crippen molar-refractivity contribution in [2.45, 2.75) is 60.4 Å². The van der Waals surface area contributed by atoms with E-state index >= 15 is 0 Å². The first-order valence-corrected chi connectivity index (χ1v) is 8.21. The minimum absolute atomic E-state index is 0.253. The highest BCUT2D eigenvalue weighted by atomic mass is 16.1. The van der Waals surface area contributed by atoms with Crippen molar-refractivity contribution in [3.63, 3.8) is 0 Å². The predicted molar refractivity (Wildman–Crippen MR) is 90.0 cm³/mol. The average molecular weight is 292 g/mol. The molecule has 0 radical (unpaired) electrons. The van der Waals surface area contributed by atoms with Crippen molar-refractivity contribution in [3.05, 3.63) is 23.0 Å². The van der Waals surface area contributed by atoms with Crippen LogP contribution >= 0.6 is 0 Å². The number of rotatable bonds is 8. The number of aryl methyl sites for hydroxylation is 1. The summed E-state index contributed by atoms with van der Waals surface area (Å²) in [6.45, 7) is 14.5. The standard InChI is InChI=1S/C18H32N2O/c1-8-16(9-2)20(11-13(3)4)12-18(21)17-10-14(5)19(7)15(17)6/h10,13,16H,8-9,11-12H2,1-7H3. The van der Waals surface area contributed by atoms with E-state index < -0.39 is 0 Å². The quantitative estimate of drug-likeness (QED) is 0.677. The molecule has 120 valence electrons. The Hall–Kier alpha value is -1.09. The van der Waals surface area contributed by atoms with E-state index in [1.165, 1.54) is 0 Å². The number of carbonyl (C=O) groups is 1. The van der Waals surface area contributed by atoms with Crippen LogP contribution in [0.25, 0.3) is 0 Å². The number of aromatic nitrogens is 1. The van der Waals surface area contributed by atoms with Gasteiger partial charge in [-0.15, -0.1) is 0 Å². The molecule has 1 heterocycles. The molecule has 0 fully saturated rings. The van der Waals surface area contributed by atoms with Crippen molar-refractivity contribution >= 4 is 5.78 Å². The molecule has 0 aliphatic rings. The average Bonchev–Trinajstić information content (AvgIpc) is 2.67. The van der Waals surface area contributed by atoms with E-state index in [1.54, 1.807) is 0 Å². The topological polar surface area (TPSA) is 25.2 Å². The van der Waals surface area contributed by atoms with Gasteiger partial charge < -0.3 is 4.57 Å². The van der Waals surface area contributed by atoms with Crippen molar-refractivity contribution < 1.29 is 4.79 Å². The summed E-state index contributed by atoms with van der Waals surface area (Å²) in [6, 6.07) is 2.53. The second-order valence-electron chi connectivity index (χ2n) is 6.56. The third-order valence-corrected chi connectivity index (χ3v) is 4.48.